The number of guanidine groups is 1. The van der Waals surface area contributed by atoms with Gasteiger partial charge >= 0.3 is 0 Å². The number of aryl methyl sites for hydroxylation is 1. The molecule has 0 radical (unpaired) electrons. The lowest BCUT2D eigenvalue weighted by molar-refractivity contribution is 0.0179. The van der Waals surface area contributed by atoms with Gasteiger partial charge in [0.15, 0.2) is 5.96 Å². The Balaban J connectivity index is 1.73. The number of hydrogen-bond acceptors (Lipinski definition) is 3. The smallest absolute Gasteiger partial charge is 0.193 e. The third-order valence-electron chi connectivity index (χ3n) is 4.48. The Morgan fingerprint density at radius 3 is 2.65 bits per heavy atom. The Bertz CT molecular complexity index is 742. The molecular formula is C20H25FN4O. The predicted octanol–water partition coefficient (Wildman–Crippen LogP) is 2.93. The SMILES string of the molecule is Cc1ccc(NC(N)=NCC(c2cccc(F)c2)N2CCOCC2)cc1. The third kappa shape index (κ3) is 5.03. The molecule has 0 aromatic heterocycles. The molecule has 0 amide bonds. The fourth-order valence-corrected chi connectivity index (χ4v) is 3.04. The summed E-state index contributed by atoms with van der Waals surface area (Å²) in [5.74, 6) is 0.110. The summed E-state index contributed by atoms with van der Waals surface area (Å²) in [6, 6.07) is 14.6. The zero-order chi connectivity index (χ0) is 18.4. The molecule has 1 heterocycles. The van der Waals surface area contributed by atoms with Crippen molar-refractivity contribution in [3.8, 4) is 0 Å². The Morgan fingerprint density at radius 2 is 1.96 bits per heavy atom. The highest BCUT2D eigenvalue weighted by molar-refractivity contribution is 5.92. The second kappa shape index (κ2) is 8.78. The largest absolute Gasteiger partial charge is 0.379 e. The van der Waals surface area contributed by atoms with E-state index in [1.807, 2.05) is 37.3 Å². The summed E-state index contributed by atoms with van der Waals surface area (Å²) in [4.78, 5) is 6.77. The summed E-state index contributed by atoms with van der Waals surface area (Å²) in [6.07, 6.45) is 0. The van der Waals surface area contributed by atoms with Gasteiger partial charge in [0.05, 0.1) is 25.8 Å². The summed E-state index contributed by atoms with van der Waals surface area (Å²) in [5, 5.41) is 3.10. The zero-order valence-electron chi connectivity index (χ0n) is 15.0. The number of morpholine rings is 1. The molecule has 1 unspecified atom stereocenters. The van der Waals surface area contributed by atoms with Crippen molar-refractivity contribution >= 4 is 11.6 Å². The van der Waals surface area contributed by atoms with Crippen molar-refractivity contribution < 1.29 is 9.13 Å². The van der Waals surface area contributed by atoms with Crippen LogP contribution in [0.1, 0.15) is 17.2 Å². The van der Waals surface area contributed by atoms with E-state index >= 15 is 0 Å². The van der Waals surface area contributed by atoms with Gasteiger partial charge in [0.25, 0.3) is 0 Å². The van der Waals surface area contributed by atoms with Crippen molar-refractivity contribution in [2.75, 3.05) is 38.2 Å². The average molecular weight is 356 g/mol. The lowest BCUT2D eigenvalue weighted by atomic mass is 10.0. The Hall–Kier alpha value is -2.44. The van der Waals surface area contributed by atoms with Crippen LogP contribution in [0.2, 0.25) is 0 Å². The van der Waals surface area contributed by atoms with Crippen molar-refractivity contribution in [3.05, 3.63) is 65.5 Å². The van der Waals surface area contributed by atoms with Gasteiger partial charge in [0.1, 0.15) is 5.82 Å². The van der Waals surface area contributed by atoms with Crippen LogP contribution in [0.3, 0.4) is 0 Å². The number of anilines is 1. The molecule has 0 aliphatic carbocycles. The van der Waals surface area contributed by atoms with Gasteiger partial charge in [0.2, 0.25) is 0 Å². The first-order chi connectivity index (χ1) is 12.6. The Labute approximate surface area is 153 Å². The van der Waals surface area contributed by atoms with Crippen molar-refractivity contribution in [1.29, 1.82) is 0 Å². The summed E-state index contributed by atoms with van der Waals surface area (Å²) < 4.78 is 19.1. The highest BCUT2D eigenvalue weighted by atomic mass is 19.1. The molecule has 2 aromatic carbocycles. The molecular weight excluding hydrogens is 331 g/mol. The molecule has 138 valence electrons. The topological polar surface area (TPSA) is 62.9 Å². The Kier molecular flexibility index (Phi) is 6.20. The number of aliphatic imine (C=N–C) groups is 1. The predicted molar refractivity (Wildman–Crippen MR) is 103 cm³/mol. The lowest BCUT2D eigenvalue weighted by Gasteiger charge is -2.34. The quantitative estimate of drug-likeness (QED) is 0.639. The maximum absolute atomic E-state index is 13.7. The minimum absolute atomic E-state index is 0.0343. The second-order valence-electron chi connectivity index (χ2n) is 6.44. The summed E-state index contributed by atoms with van der Waals surface area (Å²) >= 11 is 0. The first-order valence-electron chi connectivity index (χ1n) is 8.83. The van der Waals surface area contributed by atoms with Crippen LogP contribution in [0.15, 0.2) is 53.5 Å². The maximum Gasteiger partial charge on any atom is 0.193 e. The van der Waals surface area contributed by atoms with Gasteiger partial charge in [-0.15, -0.1) is 0 Å². The highest BCUT2D eigenvalue weighted by Gasteiger charge is 2.22. The summed E-state index contributed by atoms with van der Waals surface area (Å²) in [7, 11) is 0. The number of halogens is 1. The second-order valence-corrected chi connectivity index (χ2v) is 6.44. The number of nitrogens with two attached hydrogens (primary N) is 1. The molecule has 1 aliphatic heterocycles. The van der Waals surface area contributed by atoms with Crippen molar-refractivity contribution in [3.63, 3.8) is 0 Å². The van der Waals surface area contributed by atoms with E-state index in [1.165, 1.54) is 11.6 Å². The van der Waals surface area contributed by atoms with Gasteiger partial charge in [-0.25, -0.2) is 4.39 Å². The monoisotopic (exact) mass is 356 g/mol. The molecule has 1 fully saturated rings. The van der Waals surface area contributed by atoms with E-state index in [0.717, 1.165) is 24.3 Å². The molecule has 1 aliphatic rings. The van der Waals surface area contributed by atoms with Gasteiger partial charge in [-0.2, -0.15) is 0 Å². The van der Waals surface area contributed by atoms with Crippen molar-refractivity contribution in [1.82, 2.24) is 4.90 Å². The van der Waals surface area contributed by atoms with E-state index in [2.05, 4.69) is 15.2 Å². The molecule has 2 aromatic rings. The van der Waals surface area contributed by atoms with Crippen LogP contribution < -0.4 is 11.1 Å². The van der Waals surface area contributed by atoms with Crippen LogP contribution in [-0.2, 0) is 4.74 Å². The van der Waals surface area contributed by atoms with Crippen molar-refractivity contribution in [2.45, 2.75) is 13.0 Å². The van der Waals surface area contributed by atoms with Crippen LogP contribution in [0.5, 0.6) is 0 Å². The highest BCUT2D eigenvalue weighted by Crippen LogP contribution is 2.23. The van der Waals surface area contributed by atoms with Gasteiger partial charge in [0, 0.05) is 18.8 Å². The molecule has 0 saturated carbocycles. The van der Waals surface area contributed by atoms with E-state index in [4.69, 9.17) is 10.5 Å². The van der Waals surface area contributed by atoms with Crippen LogP contribution >= 0.6 is 0 Å². The van der Waals surface area contributed by atoms with Gasteiger partial charge in [-0.05, 0) is 36.8 Å². The lowest BCUT2D eigenvalue weighted by Crippen LogP contribution is -2.40. The Morgan fingerprint density at radius 1 is 1.23 bits per heavy atom. The summed E-state index contributed by atoms with van der Waals surface area (Å²) in [6.45, 7) is 5.42. The number of nitrogens with zero attached hydrogens (tertiary/aromatic N) is 2. The molecule has 26 heavy (non-hydrogen) atoms. The van der Waals surface area contributed by atoms with E-state index in [9.17, 15) is 4.39 Å². The molecule has 6 heteroatoms. The fraction of sp³-hybridized carbons (Fsp3) is 0.350. The standard InChI is InChI=1S/C20H25FN4O/c1-15-5-7-18(8-6-15)24-20(22)23-14-19(25-9-11-26-12-10-25)16-3-2-4-17(21)13-16/h2-8,13,19H,9-12,14H2,1H3,(H3,22,23,24). The average Bonchev–Trinajstić information content (AvgIpc) is 2.65. The number of ether oxygens (including phenoxy) is 1. The number of hydrogen-bond donors (Lipinski definition) is 2. The minimum atomic E-state index is -0.240. The van der Waals surface area contributed by atoms with Crippen molar-refractivity contribution in [2.24, 2.45) is 10.7 Å². The molecule has 3 N–H and O–H groups in total. The minimum Gasteiger partial charge on any atom is -0.379 e. The first kappa shape index (κ1) is 18.4. The molecule has 0 bridgehead atoms. The fourth-order valence-electron chi connectivity index (χ4n) is 3.04. The molecule has 0 spiro atoms. The first-order valence-corrected chi connectivity index (χ1v) is 8.83. The van der Waals surface area contributed by atoms with Gasteiger partial charge in [-0.3, -0.25) is 9.89 Å². The van der Waals surface area contributed by atoms with Gasteiger partial charge in [-0.1, -0.05) is 29.8 Å². The third-order valence-corrected chi connectivity index (χ3v) is 4.48. The number of rotatable bonds is 5. The number of nitrogens with one attached hydrogen (secondary N) is 1. The van der Waals surface area contributed by atoms with E-state index in [-0.39, 0.29) is 11.9 Å². The molecule has 5 nitrogen and oxygen atoms in total. The van der Waals surface area contributed by atoms with E-state index < -0.39 is 0 Å². The van der Waals surface area contributed by atoms with Crippen LogP contribution in [-0.4, -0.2) is 43.7 Å². The summed E-state index contributed by atoms with van der Waals surface area (Å²) in [5.41, 5.74) is 9.03. The maximum atomic E-state index is 13.7. The van der Waals surface area contributed by atoms with Crippen LogP contribution in [0, 0.1) is 12.7 Å². The zero-order valence-corrected chi connectivity index (χ0v) is 15.0. The van der Waals surface area contributed by atoms with Crippen LogP contribution in [0.25, 0.3) is 0 Å². The molecule has 3 rings (SSSR count). The van der Waals surface area contributed by atoms with Crippen LogP contribution in [0.4, 0.5) is 10.1 Å². The number of benzene rings is 2. The van der Waals surface area contributed by atoms with Gasteiger partial charge < -0.3 is 15.8 Å². The molecule has 1 saturated heterocycles. The molecule has 1 atom stereocenters. The normalized spacial score (nSPS) is 17.1. The van der Waals surface area contributed by atoms with E-state index in [1.54, 1.807) is 12.1 Å². The van der Waals surface area contributed by atoms with E-state index in [0.29, 0.717) is 25.7 Å².